The van der Waals surface area contributed by atoms with E-state index in [4.69, 9.17) is 0 Å². The molecule has 2 atom stereocenters. The van der Waals surface area contributed by atoms with Crippen molar-refractivity contribution in [2.75, 3.05) is 18.4 Å². The molecule has 0 spiro atoms. The molecule has 2 fully saturated rings. The van der Waals surface area contributed by atoms with Gasteiger partial charge in [0.05, 0.1) is 11.8 Å². The van der Waals surface area contributed by atoms with E-state index in [0.717, 1.165) is 41.8 Å². The Hall–Kier alpha value is -1.62. The molecule has 0 radical (unpaired) electrons. The quantitative estimate of drug-likeness (QED) is 0.791. The normalized spacial score (nSPS) is 30.5. The fourth-order valence-corrected chi connectivity index (χ4v) is 2.96. The summed E-state index contributed by atoms with van der Waals surface area (Å²) in [5.74, 6) is 2.51. The molecule has 3 heterocycles. The van der Waals surface area contributed by atoms with E-state index >= 15 is 0 Å². The van der Waals surface area contributed by atoms with E-state index in [1.807, 2.05) is 30.2 Å². The molecule has 0 bridgehead atoms. The molecule has 0 amide bonds. The van der Waals surface area contributed by atoms with Gasteiger partial charge in [0.25, 0.3) is 0 Å². The third-order valence-electron chi connectivity index (χ3n) is 4.04. The average Bonchev–Trinajstić information content (AvgIpc) is 2.72. The summed E-state index contributed by atoms with van der Waals surface area (Å²) in [6.45, 7) is 2.28. The summed E-state index contributed by atoms with van der Waals surface area (Å²) >= 11 is 0. The van der Waals surface area contributed by atoms with Crippen molar-refractivity contribution in [3.63, 3.8) is 0 Å². The van der Waals surface area contributed by atoms with Gasteiger partial charge >= 0.3 is 0 Å². The van der Waals surface area contributed by atoms with Crippen LogP contribution in [0.4, 0.5) is 5.82 Å². The number of fused-ring (bicyclic) bond motifs is 2. The van der Waals surface area contributed by atoms with Gasteiger partial charge in [-0.25, -0.2) is 9.97 Å². The number of nitrogens with one attached hydrogen (secondary N) is 2. The third-order valence-corrected chi connectivity index (χ3v) is 4.04. The van der Waals surface area contributed by atoms with Crippen molar-refractivity contribution in [2.24, 2.45) is 18.9 Å². The first kappa shape index (κ1) is 9.41. The van der Waals surface area contributed by atoms with E-state index in [-0.39, 0.29) is 0 Å². The van der Waals surface area contributed by atoms with E-state index in [9.17, 15) is 0 Å². The van der Waals surface area contributed by atoms with Crippen LogP contribution in [0.3, 0.4) is 0 Å². The highest BCUT2D eigenvalue weighted by Crippen LogP contribution is 2.43. The Morgan fingerprint density at radius 2 is 2.18 bits per heavy atom. The Morgan fingerprint density at radius 1 is 1.35 bits per heavy atom. The van der Waals surface area contributed by atoms with Crippen LogP contribution in [0.25, 0.3) is 11.0 Å². The van der Waals surface area contributed by atoms with Crippen molar-refractivity contribution < 1.29 is 0 Å². The molecule has 2 aliphatic rings. The van der Waals surface area contributed by atoms with Gasteiger partial charge in [0, 0.05) is 32.4 Å². The lowest BCUT2D eigenvalue weighted by molar-refractivity contribution is 0.696. The number of anilines is 1. The SMILES string of the molecule is Cn1cnc2c(NC3C4CNCC43)nccc21. The van der Waals surface area contributed by atoms with Crippen molar-refractivity contribution in [1.82, 2.24) is 19.9 Å². The molecule has 1 saturated carbocycles. The number of rotatable bonds is 2. The van der Waals surface area contributed by atoms with Crippen molar-refractivity contribution in [3.05, 3.63) is 18.6 Å². The van der Waals surface area contributed by atoms with E-state index in [1.54, 1.807) is 0 Å². The highest BCUT2D eigenvalue weighted by atomic mass is 15.1. The Balaban J connectivity index is 1.67. The molecular weight excluding hydrogens is 214 g/mol. The molecule has 5 heteroatoms. The maximum absolute atomic E-state index is 4.42. The molecule has 2 aromatic heterocycles. The minimum Gasteiger partial charge on any atom is -0.365 e. The second-order valence-electron chi connectivity index (χ2n) is 5.04. The molecule has 88 valence electrons. The number of hydrogen-bond acceptors (Lipinski definition) is 4. The number of nitrogens with zero attached hydrogens (tertiary/aromatic N) is 3. The highest BCUT2D eigenvalue weighted by Gasteiger charge is 2.53. The predicted molar refractivity (Wildman–Crippen MR) is 65.8 cm³/mol. The Bertz CT molecular complexity index is 565. The molecule has 1 saturated heterocycles. The van der Waals surface area contributed by atoms with Crippen LogP contribution in [-0.4, -0.2) is 33.7 Å². The topological polar surface area (TPSA) is 54.8 Å². The number of aromatic nitrogens is 3. The molecule has 1 aliphatic carbocycles. The van der Waals surface area contributed by atoms with Gasteiger partial charge in [-0.05, 0) is 17.9 Å². The monoisotopic (exact) mass is 229 g/mol. The van der Waals surface area contributed by atoms with Gasteiger partial charge in [-0.2, -0.15) is 0 Å². The lowest BCUT2D eigenvalue weighted by atomic mass is 10.3. The van der Waals surface area contributed by atoms with Crippen LogP contribution in [0, 0.1) is 11.8 Å². The first-order valence-electron chi connectivity index (χ1n) is 6.08. The summed E-state index contributed by atoms with van der Waals surface area (Å²) in [6.07, 6.45) is 3.69. The lowest BCUT2D eigenvalue weighted by Crippen LogP contribution is -2.21. The average molecular weight is 229 g/mol. The highest BCUT2D eigenvalue weighted by molar-refractivity contribution is 5.86. The zero-order valence-electron chi connectivity index (χ0n) is 9.72. The van der Waals surface area contributed by atoms with Gasteiger partial charge in [0.1, 0.15) is 5.52 Å². The number of aryl methyl sites for hydroxylation is 1. The van der Waals surface area contributed by atoms with Gasteiger partial charge < -0.3 is 15.2 Å². The second kappa shape index (κ2) is 3.20. The van der Waals surface area contributed by atoms with Crippen molar-refractivity contribution in [2.45, 2.75) is 6.04 Å². The van der Waals surface area contributed by atoms with Gasteiger partial charge in [-0.3, -0.25) is 0 Å². The van der Waals surface area contributed by atoms with E-state index < -0.39 is 0 Å². The zero-order chi connectivity index (χ0) is 11.4. The predicted octanol–water partition coefficient (Wildman–Crippen LogP) is 0.598. The van der Waals surface area contributed by atoms with Gasteiger partial charge in [0.15, 0.2) is 5.82 Å². The van der Waals surface area contributed by atoms with Crippen molar-refractivity contribution >= 4 is 16.9 Å². The Kier molecular flexibility index (Phi) is 1.77. The number of hydrogen-bond donors (Lipinski definition) is 2. The van der Waals surface area contributed by atoms with E-state index in [1.165, 1.54) is 0 Å². The van der Waals surface area contributed by atoms with Crippen molar-refractivity contribution in [3.8, 4) is 0 Å². The van der Waals surface area contributed by atoms with Crippen LogP contribution >= 0.6 is 0 Å². The number of piperidine rings is 1. The summed E-state index contributed by atoms with van der Waals surface area (Å²) in [4.78, 5) is 8.84. The van der Waals surface area contributed by atoms with E-state index in [0.29, 0.717) is 6.04 Å². The molecule has 2 unspecified atom stereocenters. The molecule has 2 N–H and O–H groups in total. The van der Waals surface area contributed by atoms with Gasteiger partial charge in [-0.15, -0.1) is 0 Å². The maximum Gasteiger partial charge on any atom is 0.154 e. The van der Waals surface area contributed by atoms with Gasteiger partial charge in [-0.1, -0.05) is 0 Å². The van der Waals surface area contributed by atoms with Gasteiger partial charge in [0.2, 0.25) is 0 Å². The van der Waals surface area contributed by atoms with Crippen LogP contribution < -0.4 is 10.6 Å². The molecule has 17 heavy (non-hydrogen) atoms. The summed E-state index contributed by atoms with van der Waals surface area (Å²) in [7, 11) is 2.01. The Morgan fingerprint density at radius 3 is 3.00 bits per heavy atom. The van der Waals surface area contributed by atoms with Crippen LogP contribution in [0.1, 0.15) is 0 Å². The van der Waals surface area contributed by atoms with E-state index in [2.05, 4.69) is 20.6 Å². The largest absolute Gasteiger partial charge is 0.365 e. The molecule has 1 aliphatic heterocycles. The zero-order valence-corrected chi connectivity index (χ0v) is 9.72. The van der Waals surface area contributed by atoms with Crippen LogP contribution in [0.2, 0.25) is 0 Å². The number of imidazole rings is 1. The lowest BCUT2D eigenvalue weighted by Gasteiger charge is -2.08. The summed E-state index contributed by atoms with van der Waals surface area (Å²) in [5.41, 5.74) is 2.11. The number of pyridine rings is 1. The fraction of sp³-hybridized carbons (Fsp3) is 0.500. The molecule has 4 rings (SSSR count). The smallest absolute Gasteiger partial charge is 0.154 e. The summed E-state index contributed by atoms with van der Waals surface area (Å²) in [5, 5.41) is 6.95. The molecule has 0 aromatic carbocycles. The van der Waals surface area contributed by atoms with Crippen LogP contribution in [0.5, 0.6) is 0 Å². The fourth-order valence-electron chi connectivity index (χ4n) is 2.96. The van der Waals surface area contributed by atoms with Crippen LogP contribution in [-0.2, 0) is 7.05 Å². The first-order valence-corrected chi connectivity index (χ1v) is 6.08. The van der Waals surface area contributed by atoms with Crippen LogP contribution in [0.15, 0.2) is 18.6 Å². The first-order chi connectivity index (χ1) is 8.34. The molecule has 2 aromatic rings. The Labute approximate surface area is 99.2 Å². The minimum absolute atomic E-state index is 0.594. The standard InChI is InChI=1S/C12H15N5/c1-17-6-15-11-9(17)2-3-14-12(11)16-10-7-4-13-5-8(7)10/h2-3,6-8,10,13H,4-5H2,1H3,(H,14,16). The summed E-state index contributed by atoms with van der Waals surface area (Å²) in [6, 6.07) is 2.60. The summed E-state index contributed by atoms with van der Waals surface area (Å²) < 4.78 is 2.03. The minimum atomic E-state index is 0.594. The second-order valence-corrected chi connectivity index (χ2v) is 5.04. The van der Waals surface area contributed by atoms with Crippen molar-refractivity contribution in [1.29, 1.82) is 0 Å². The molecule has 5 nitrogen and oxygen atoms in total. The molecular formula is C12H15N5. The maximum atomic E-state index is 4.42. The third kappa shape index (κ3) is 1.29.